The quantitative estimate of drug-likeness (QED) is 0.339. The van der Waals surface area contributed by atoms with Crippen molar-refractivity contribution in [2.75, 3.05) is 5.32 Å². The number of hydrogen-bond acceptors (Lipinski definition) is 4. The van der Waals surface area contributed by atoms with E-state index in [4.69, 9.17) is 4.42 Å². The zero-order chi connectivity index (χ0) is 21.3. The summed E-state index contributed by atoms with van der Waals surface area (Å²) in [5.41, 5.74) is 4.58. The number of aliphatic imine (C=N–C) groups is 1. The van der Waals surface area contributed by atoms with Gasteiger partial charge in [0.2, 0.25) is 0 Å². The second-order valence-corrected chi connectivity index (χ2v) is 7.90. The minimum Gasteiger partial charge on any atom is -0.506 e. The Hall–Kier alpha value is -3.38. The van der Waals surface area contributed by atoms with Crippen molar-refractivity contribution in [2.24, 2.45) is 4.99 Å². The first kappa shape index (κ1) is 19.9. The number of phenolic OH excluding ortho intramolecular Hbond substituents is 1. The van der Waals surface area contributed by atoms with Gasteiger partial charge in [-0.15, -0.1) is 0 Å². The van der Waals surface area contributed by atoms with Crippen molar-refractivity contribution < 1.29 is 14.3 Å². The van der Waals surface area contributed by atoms with Crippen LogP contribution in [-0.2, 0) is 0 Å². The molecule has 0 atom stereocenters. The van der Waals surface area contributed by atoms with E-state index in [9.17, 15) is 9.90 Å². The number of halogens is 1. The topological polar surface area (TPSA) is 74.8 Å². The van der Waals surface area contributed by atoms with Crippen molar-refractivity contribution in [1.82, 2.24) is 0 Å². The van der Waals surface area contributed by atoms with Crippen LogP contribution in [0.15, 0.2) is 74.5 Å². The Morgan fingerprint density at radius 2 is 1.90 bits per heavy atom. The number of rotatable bonds is 4. The van der Waals surface area contributed by atoms with E-state index >= 15 is 0 Å². The molecule has 4 aromatic rings. The fourth-order valence-corrected chi connectivity index (χ4v) is 3.74. The SMILES string of the molecule is Cc1cc(Br)c(O)c(C=Nc2ccc(NC(=O)c3cc4ccccc4o3)c(C)c2)c1. The van der Waals surface area contributed by atoms with Gasteiger partial charge < -0.3 is 14.8 Å². The number of furan rings is 1. The Balaban J connectivity index is 1.52. The van der Waals surface area contributed by atoms with E-state index in [1.54, 1.807) is 24.4 Å². The van der Waals surface area contributed by atoms with Gasteiger partial charge in [0.05, 0.1) is 10.2 Å². The van der Waals surface area contributed by atoms with E-state index in [0.29, 0.717) is 27.0 Å². The van der Waals surface area contributed by atoms with Crippen LogP contribution in [0, 0.1) is 13.8 Å². The maximum atomic E-state index is 12.6. The summed E-state index contributed by atoms with van der Waals surface area (Å²) in [6.07, 6.45) is 1.62. The fourth-order valence-electron chi connectivity index (χ4n) is 3.15. The molecule has 2 N–H and O–H groups in total. The molecule has 0 bridgehead atoms. The molecule has 3 aromatic carbocycles. The highest BCUT2D eigenvalue weighted by Crippen LogP contribution is 2.29. The van der Waals surface area contributed by atoms with Crippen molar-refractivity contribution >= 4 is 50.4 Å². The second-order valence-electron chi connectivity index (χ2n) is 7.04. The molecular formula is C24H19BrN2O3. The number of hydrogen-bond donors (Lipinski definition) is 2. The highest BCUT2D eigenvalue weighted by molar-refractivity contribution is 9.10. The molecule has 0 spiro atoms. The third-order valence-corrected chi connectivity index (χ3v) is 5.30. The number of aromatic hydroxyl groups is 1. The average molecular weight is 463 g/mol. The molecule has 5 nitrogen and oxygen atoms in total. The summed E-state index contributed by atoms with van der Waals surface area (Å²) in [4.78, 5) is 17.0. The molecule has 4 rings (SSSR count). The average Bonchev–Trinajstić information content (AvgIpc) is 3.16. The maximum Gasteiger partial charge on any atom is 0.291 e. The van der Waals surface area contributed by atoms with Crippen LogP contribution >= 0.6 is 15.9 Å². The first-order valence-corrected chi connectivity index (χ1v) is 10.1. The van der Waals surface area contributed by atoms with Crippen LogP contribution in [0.25, 0.3) is 11.0 Å². The maximum absolute atomic E-state index is 12.6. The summed E-state index contributed by atoms with van der Waals surface area (Å²) >= 11 is 3.34. The lowest BCUT2D eigenvalue weighted by Crippen LogP contribution is -2.11. The number of anilines is 1. The first-order chi connectivity index (χ1) is 14.4. The lowest BCUT2D eigenvalue weighted by molar-refractivity contribution is 0.0998. The standard InChI is InChI=1S/C24H19BrN2O3/c1-14-9-17(23(28)19(25)10-14)13-26-18-7-8-20(15(2)11-18)27-24(29)22-12-16-5-3-4-6-21(16)30-22/h3-13,28H,1-2H3,(H,27,29). The van der Waals surface area contributed by atoms with Gasteiger partial charge in [0.25, 0.3) is 5.91 Å². The minimum atomic E-state index is -0.305. The van der Waals surface area contributed by atoms with Crippen LogP contribution in [0.5, 0.6) is 5.75 Å². The van der Waals surface area contributed by atoms with Crippen LogP contribution in [0.4, 0.5) is 11.4 Å². The Morgan fingerprint density at radius 1 is 1.10 bits per heavy atom. The van der Waals surface area contributed by atoms with Crippen LogP contribution in [-0.4, -0.2) is 17.2 Å². The minimum absolute atomic E-state index is 0.149. The van der Waals surface area contributed by atoms with Gasteiger partial charge in [0.15, 0.2) is 5.76 Å². The molecule has 0 fully saturated rings. The molecule has 30 heavy (non-hydrogen) atoms. The van der Waals surface area contributed by atoms with Crippen LogP contribution in [0.2, 0.25) is 0 Å². The summed E-state index contributed by atoms with van der Waals surface area (Å²) in [5.74, 6) is 0.106. The number of carbonyl (C=O) groups excluding carboxylic acids is 1. The van der Waals surface area contributed by atoms with E-state index in [2.05, 4.69) is 26.2 Å². The predicted molar refractivity (Wildman–Crippen MR) is 123 cm³/mol. The highest BCUT2D eigenvalue weighted by atomic mass is 79.9. The molecular weight excluding hydrogens is 444 g/mol. The molecule has 6 heteroatoms. The number of carbonyl (C=O) groups is 1. The van der Waals surface area contributed by atoms with E-state index in [1.807, 2.05) is 56.3 Å². The van der Waals surface area contributed by atoms with Gasteiger partial charge in [-0.25, -0.2) is 0 Å². The summed E-state index contributed by atoms with van der Waals surface area (Å²) in [6.45, 7) is 3.85. The molecule has 150 valence electrons. The number of fused-ring (bicyclic) bond motifs is 1. The van der Waals surface area contributed by atoms with Gasteiger partial charge in [-0.05, 0) is 83.4 Å². The summed E-state index contributed by atoms with van der Waals surface area (Å²) in [5, 5.41) is 13.9. The number of benzene rings is 3. The van der Waals surface area contributed by atoms with Gasteiger partial charge in [0, 0.05) is 22.9 Å². The number of phenols is 1. The highest BCUT2D eigenvalue weighted by Gasteiger charge is 2.13. The van der Waals surface area contributed by atoms with Crippen molar-refractivity contribution in [3.05, 3.63) is 87.6 Å². The zero-order valence-electron chi connectivity index (χ0n) is 16.4. The summed E-state index contributed by atoms with van der Waals surface area (Å²) in [6, 6.07) is 18.4. The van der Waals surface area contributed by atoms with Crippen molar-refractivity contribution in [2.45, 2.75) is 13.8 Å². The molecule has 1 aromatic heterocycles. The molecule has 0 aliphatic heterocycles. The number of amides is 1. The van der Waals surface area contributed by atoms with E-state index in [1.165, 1.54) is 0 Å². The zero-order valence-corrected chi connectivity index (χ0v) is 18.0. The lowest BCUT2D eigenvalue weighted by atomic mass is 10.1. The number of para-hydroxylation sites is 1. The third-order valence-electron chi connectivity index (χ3n) is 4.70. The van der Waals surface area contributed by atoms with Gasteiger partial charge in [0.1, 0.15) is 11.3 Å². The number of aryl methyl sites for hydroxylation is 2. The Bertz CT molecular complexity index is 1260. The van der Waals surface area contributed by atoms with Crippen LogP contribution < -0.4 is 5.32 Å². The Labute approximate surface area is 182 Å². The van der Waals surface area contributed by atoms with E-state index < -0.39 is 0 Å². The molecule has 1 amide bonds. The largest absolute Gasteiger partial charge is 0.506 e. The molecule has 0 saturated heterocycles. The molecule has 0 aliphatic carbocycles. The van der Waals surface area contributed by atoms with Gasteiger partial charge in [-0.3, -0.25) is 9.79 Å². The van der Waals surface area contributed by atoms with Gasteiger partial charge >= 0.3 is 0 Å². The second kappa shape index (κ2) is 8.16. The lowest BCUT2D eigenvalue weighted by Gasteiger charge is -2.08. The van der Waals surface area contributed by atoms with Gasteiger partial charge in [-0.2, -0.15) is 0 Å². The smallest absolute Gasteiger partial charge is 0.291 e. The molecule has 0 unspecified atom stereocenters. The Morgan fingerprint density at radius 3 is 2.67 bits per heavy atom. The first-order valence-electron chi connectivity index (χ1n) is 9.34. The van der Waals surface area contributed by atoms with Gasteiger partial charge in [-0.1, -0.05) is 18.2 Å². The van der Waals surface area contributed by atoms with Crippen LogP contribution in [0.1, 0.15) is 27.2 Å². The van der Waals surface area contributed by atoms with E-state index in [0.717, 1.165) is 16.5 Å². The van der Waals surface area contributed by atoms with Crippen LogP contribution in [0.3, 0.4) is 0 Å². The molecule has 1 heterocycles. The molecule has 0 radical (unpaired) electrons. The third kappa shape index (κ3) is 4.14. The van der Waals surface area contributed by atoms with E-state index in [-0.39, 0.29) is 17.4 Å². The monoisotopic (exact) mass is 462 g/mol. The predicted octanol–water partition coefficient (Wildman–Crippen LogP) is 6.52. The summed E-state index contributed by atoms with van der Waals surface area (Å²) in [7, 11) is 0. The summed E-state index contributed by atoms with van der Waals surface area (Å²) < 4.78 is 6.25. The number of nitrogens with zero attached hydrogens (tertiary/aromatic N) is 1. The van der Waals surface area contributed by atoms with Crippen molar-refractivity contribution in [1.29, 1.82) is 0 Å². The van der Waals surface area contributed by atoms with Crippen molar-refractivity contribution in [3.8, 4) is 5.75 Å². The fraction of sp³-hybridized carbons (Fsp3) is 0.0833. The number of nitrogens with one attached hydrogen (secondary N) is 1. The molecule has 0 aliphatic rings. The Kier molecular flexibility index (Phi) is 5.42. The molecule has 0 saturated carbocycles. The normalized spacial score (nSPS) is 11.3. The van der Waals surface area contributed by atoms with Crippen molar-refractivity contribution in [3.63, 3.8) is 0 Å².